The SMILES string of the molecule is CC(Cc1cccc(F)c1)Nc1ccc(S(=O)(=O)N2CCOCC2)cc1[N+](=O)[O-]. The van der Waals surface area contributed by atoms with E-state index in [0.717, 1.165) is 11.6 Å². The molecule has 0 bridgehead atoms. The van der Waals surface area contributed by atoms with E-state index in [0.29, 0.717) is 19.6 Å². The number of nitrogens with one attached hydrogen (secondary N) is 1. The minimum absolute atomic E-state index is 0.130. The minimum atomic E-state index is -3.84. The number of halogens is 1. The van der Waals surface area contributed by atoms with Gasteiger partial charge in [-0.1, -0.05) is 12.1 Å². The fourth-order valence-electron chi connectivity index (χ4n) is 3.22. The number of nitro benzene ring substituents is 1. The van der Waals surface area contributed by atoms with Crippen LogP contribution in [0.5, 0.6) is 0 Å². The highest BCUT2D eigenvalue weighted by Gasteiger charge is 2.29. The van der Waals surface area contributed by atoms with E-state index in [2.05, 4.69) is 5.32 Å². The van der Waals surface area contributed by atoms with Crippen LogP contribution in [0, 0.1) is 15.9 Å². The molecule has 10 heteroatoms. The zero-order valence-electron chi connectivity index (χ0n) is 15.9. The van der Waals surface area contributed by atoms with Crippen molar-refractivity contribution >= 4 is 21.4 Å². The summed E-state index contributed by atoms with van der Waals surface area (Å²) in [5.41, 5.74) is 0.629. The molecule has 2 aromatic rings. The lowest BCUT2D eigenvalue weighted by Gasteiger charge is -2.26. The van der Waals surface area contributed by atoms with Crippen LogP contribution in [0.4, 0.5) is 15.8 Å². The Bertz CT molecular complexity index is 993. The third-order valence-corrected chi connectivity index (χ3v) is 6.50. The quantitative estimate of drug-likeness (QED) is 0.543. The Labute approximate surface area is 168 Å². The van der Waals surface area contributed by atoms with E-state index in [1.807, 2.05) is 6.92 Å². The van der Waals surface area contributed by atoms with Crippen molar-refractivity contribution in [1.82, 2.24) is 4.31 Å². The van der Waals surface area contributed by atoms with Gasteiger partial charge in [0.05, 0.1) is 23.0 Å². The lowest BCUT2D eigenvalue weighted by atomic mass is 10.1. The number of sulfonamides is 1. The lowest BCUT2D eigenvalue weighted by molar-refractivity contribution is -0.384. The van der Waals surface area contributed by atoms with E-state index in [-0.39, 0.29) is 41.2 Å². The summed E-state index contributed by atoms with van der Waals surface area (Å²) in [6.07, 6.45) is 0.447. The standard InChI is InChI=1S/C19H22FN3O5S/c1-14(11-15-3-2-4-16(20)12-15)21-18-6-5-17(13-19(18)23(24)25)29(26,27)22-7-9-28-10-8-22/h2-6,12-14,21H,7-11H2,1H3. The molecule has 1 aliphatic rings. The van der Waals surface area contributed by atoms with Crippen LogP contribution in [-0.4, -0.2) is 50.0 Å². The molecule has 1 N–H and O–H groups in total. The molecule has 1 saturated heterocycles. The average molecular weight is 423 g/mol. The smallest absolute Gasteiger partial charge is 0.293 e. The second kappa shape index (κ2) is 8.85. The van der Waals surface area contributed by atoms with Gasteiger partial charge in [-0.2, -0.15) is 4.31 Å². The van der Waals surface area contributed by atoms with E-state index in [9.17, 15) is 22.9 Å². The third-order valence-electron chi connectivity index (χ3n) is 4.61. The predicted molar refractivity (Wildman–Crippen MR) is 106 cm³/mol. The van der Waals surface area contributed by atoms with E-state index >= 15 is 0 Å². The molecule has 1 heterocycles. The maximum atomic E-state index is 13.3. The molecule has 0 aliphatic carbocycles. The highest BCUT2D eigenvalue weighted by atomic mass is 32.2. The normalized spacial score (nSPS) is 16.3. The van der Waals surface area contributed by atoms with E-state index in [1.54, 1.807) is 12.1 Å². The van der Waals surface area contributed by atoms with Crippen LogP contribution < -0.4 is 5.32 Å². The van der Waals surface area contributed by atoms with Gasteiger partial charge in [-0.05, 0) is 43.2 Å². The summed E-state index contributed by atoms with van der Waals surface area (Å²) in [5, 5.41) is 14.6. The molecule has 2 aromatic carbocycles. The number of morpholine rings is 1. The first-order valence-corrected chi connectivity index (χ1v) is 10.6. The summed E-state index contributed by atoms with van der Waals surface area (Å²) >= 11 is 0. The number of ether oxygens (including phenoxy) is 1. The van der Waals surface area contributed by atoms with Gasteiger partial charge in [0.25, 0.3) is 5.69 Å². The van der Waals surface area contributed by atoms with Gasteiger partial charge < -0.3 is 10.1 Å². The number of benzene rings is 2. The van der Waals surface area contributed by atoms with Crippen LogP contribution >= 0.6 is 0 Å². The molecule has 1 aliphatic heterocycles. The van der Waals surface area contributed by atoms with Gasteiger partial charge >= 0.3 is 0 Å². The zero-order valence-corrected chi connectivity index (χ0v) is 16.7. The first-order chi connectivity index (χ1) is 13.8. The number of hydrogen-bond acceptors (Lipinski definition) is 6. The Kier molecular flexibility index (Phi) is 6.46. The molecule has 156 valence electrons. The lowest BCUT2D eigenvalue weighted by Crippen LogP contribution is -2.40. The molecular weight excluding hydrogens is 401 g/mol. The van der Waals surface area contributed by atoms with Gasteiger partial charge in [-0.15, -0.1) is 0 Å². The van der Waals surface area contributed by atoms with Crippen molar-refractivity contribution in [3.63, 3.8) is 0 Å². The van der Waals surface area contributed by atoms with E-state index < -0.39 is 14.9 Å². The molecule has 0 aromatic heterocycles. The molecule has 1 fully saturated rings. The number of nitrogens with zero attached hydrogens (tertiary/aromatic N) is 2. The summed E-state index contributed by atoms with van der Waals surface area (Å²) in [4.78, 5) is 10.8. The fourth-order valence-corrected chi connectivity index (χ4v) is 4.64. The summed E-state index contributed by atoms with van der Waals surface area (Å²) in [6.45, 7) is 2.81. The Morgan fingerprint density at radius 2 is 1.97 bits per heavy atom. The molecule has 0 amide bonds. The minimum Gasteiger partial charge on any atom is -0.379 e. The Balaban J connectivity index is 1.81. The molecule has 0 spiro atoms. The van der Waals surface area contributed by atoms with Crippen molar-refractivity contribution in [3.8, 4) is 0 Å². The van der Waals surface area contributed by atoms with Crippen molar-refractivity contribution in [3.05, 3.63) is 64.0 Å². The van der Waals surface area contributed by atoms with Crippen molar-refractivity contribution in [2.75, 3.05) is 31.6 Å². The van der Waals surface area contributed by atoms with Crippen molar-refractivity contribution in [2.24, 2.45) is 0 Å². The second-order valence-electron chi connectivity index (χ2n) is 6.83. The second-order valence-corrected chi connectivity index (χ2v) is 8.77. The molecule has 1 atom stereocenters. The third kappa shape index (κ3) is 5.08. The monoisotopic (exact) mass is 423 g/mol. The first-order valence-electron chi connectivity index (χ1n) is 9.14. The van der Waals surface area contributed by atoms with E-state index in [1.165, 1.54) is 28.6 Å². The Morgan fingerprint density at radius 3 is 2.62 bits per heavy atom. The predicted octanol–water partition coefficient (Wildman–Crippen LogP) is 2.80. The van der Waals surface area contributed by atoms with Crippen LogP contribution in [0.25, 0.3) is 0 Å². The number of anilines is 1. The van der Waals surface area contributed by atoms with Gasteiger partial charge in [0.15, 0.2) is 0 Å². The summed E-state index contributed by atoms with van der Waals surface area (Å²) in [6, 6.07) is 9.71. The van der Waals surface area contributed by atoms with Gasteiger partial charge in [0.1, 0.15) is 11.5 Å². The summed E-state index contributed by atoms with van der Waals surface area (Å²) in [7, 11) is -3.84. The van der Waals surface area contributed by atoms with Crippen LogP contribution in [0.3, 0.4) is 0 Å². The number of nitro groups is 1. The molecule has 3 rings (SSSR count). The maximum absolute atomic E-state index is 13.3. The first kappa shape index (κ1) is 21.2. The Morgan fingerprint density at radius 1 is 1.24 bits per heavy atom. The summed E-state index contributed by atoms with van der Waals surface area (Å²) in [5.74, 6) is -0.349. The zero-order chi connectivity index (χ0) is 21.0. The van der Waals surface area contributed by atoms with Crippen molar-refractivity contribution in [2.45, 2.75) is 24.3 Å². The molecule has 1 unspecified atom stereocenters. The van der Waals surface area contributed by atoms with Crippen molar-refractivity contribution in [1.29, 1.82) is 0 Å². The molecule has 0 radical (unpaired) electrons. The van der Waals surface area contributed by atoms with Crippen LogP contribution in [0.2, 0.25) is 0 Å². The molecule has 8 nitrogen and oxygen atoms in total. The average Bonchev–Trinajstić information content (AvgIpc) is 2.68. The highest BCUT2D eigenvalue weighted by molar-refractivity contribution is 7.89. The number of hydrogen-bond donors (Lipinski definition) is 1. The number of rotatable bonds is 7. The van der Waals surface area contributed by atoms with Crippen LogP contribution in [0.15, 0.2) is 47.4 Å². The largest absolute Gasteiger partial charge is 0.379 e. The topological polar surface area (TPSA) is 102 Å². The van der Waals surface area contributed by atoms with Gasteiger partial charge in [0, 0.05) is 25.2 Å². The Hall–Kier alpha value is -2.56. The summed E-state index contributed by atoms with van der Waals surface area (Å²) < 4.78 is 45.3. The van der Waals surface area contributed by atoms with Gasteiger partial charge in [-0.3, -0.25) is 10.1 Å². The highest BCUT2D eigenvalue weighted by Crippen LogP contribution is 2.30. The van der Waals surface area contributed by atoms with Crippen LogP contribution in [-0.2, 0) is 21.2 Å². The van der Waals surface area contributed by atoms with E-state index in [4.69, 9.17) is 4.74 Å². The fraction of sp³-hybridized carbons (Fsp3) is 0.368. The van der Waals surface area contributed by atoms with Gasteiger partial charge in [0.2, 0.25) is 10.0 Å². The van der Waals surface area contributed by atoms with Gasteiger partial charge in [-0.25, -0.2) is 12.8 Å². The van der Waals surface area contributed by atoms with Crippen LogP contribution in [0.1, 0.15) is 12.5 Å². The molecular formula is C19H22FN3O5S. The van der Waals surface area contributed by atoms with Crippen molar-refractivity contribution < 1.29 is 22.5 Å². The molecule has 29 heavy (non-hydrogen) atoms. The maximum Gasteiger partial charge on any atom is 0.293 e. The molecule has 0 saturated carbocycles.